The maximum atomic E-state index is 5.80. The summed E-state index contributed by atoms with van der Waals surface area (Å²) in [5.74, 6) is 0.885. The van der Waals surface area contributed by atoms with Crippen LogP contribution in [-0.2, 0) is 6.42 Å². The predicted octanol–water partition coefficient (Wildman–Crippen LogP) is 3.04. The molecular weight excluding hydrogens is 234 g/mol. The molecule has 0 amide bonds. The van der Waals surface area contributed by atoms with Gasteiger partial charge in [-0.3, -0.25) is 0 Å². The summed E-state index contributed by atoms with van der Waals surface area (Å²) >= 11 is 0. The van der Waals surface area contributed by atoms with E-state index in [1.54, 1.807) is 0 Å². The number of hydrogen-bond donors (Lipinski definition) is 1. The van der Waals surface area contributed by atoms with E-state index in [1.807, 2.05) is 32.0 Å². The summed E-state index contributed by atoms with van der Waals surface area (Å²) in [6.07, 6.45) is 1.74. The van der Waals surface area contributed by atoms with E-state index in [1.165, 1.54) is 11.1 Å². The normalized spacial score (nSPS) is 12.4. The maximum absolute atomic E-state index is 5.80. The minimum atomic E-state index is 0.186. The van der Waals surface area contributed by atoms with Crippen molar-refractivity contribution < 1.29 is 0 Å². The van der Waals surface area contributed by atoms with Crippen molar-refractivity contribution in [2.24, 2.45) is 5.73 Å². The quantitative estimate of drug-likeness (QED) is 0.913. The molecule has 0 aliphatic rings. The molecule has 2 N–H and O–H groups in total. The van der Waals surface area contributed by atoms with Gasteiger partial charge in [0.05, 0.1) is 5.69 Å². The third-order valence-corrected chi connectivity index (χ3v) is 3.14. The van der Waals surface area contributed by atoms with Gasteiger partial charge in [-0.15, -0.1) is 0 Å². The van der Waals surface area contributed by atoms with Crippen molar-refractivity contribution in [3.63, 3.8) is 0 Å². The molecule has 1 aromatic heterocycles. The molecule has 1 atom stereocenters. The molecule has 0 radical (unpaired) electrons. The third kappa shape index (κ3) is 3.61. The summed E-state index contributed by atoms with van der Waals surface area (Å²) < 4.78 is 0. The van der Waals surface area contributed by atoms with Crippen molar-refractivity contribution >= 4 is 0 Å². The molecule has 0 aliphatic heterocycles. The van der Waals surface area contributed by atoms with Gasteiger partial charge in [0.25, 0.3) is 0 Å². The van der Waals surface area contributed by atoms with Gasteiger partial charge in [0.1, 0.15) is 5.82 Å². The first kappa shape index (κ1) is 13.7. The zero-order valence-corrected chi connectivity index (χ0v) is 11.9. The average Bonchev–Trinajstić information content (AvgIpc) is 2.36. The summed E-state index contributed by atoms with van der Waals surface area (Å²) in [6.45, 7) is 6.13. The van der Waals surface area contributed by atoms with Crippen LogP contribution < -0.4 is 5.73 Å². The maximum Gasteiger partial charge on any atom is 0.129 e. The number of benzene rings is 1. The lowest BCUT2D eigenvalue weighted by Crippen LogP contribution is -2.16. The molecule has 3 heteroatoms. The Morgan fingerprint density at radius 2 is 1.89 bits per heavy atom. The largest absolute Gasteiger partial charge is 0.328 e. The Bertz CT molecular complexity index is 562. The lowest BCUT2D eigenvalue weighted by Gasteiger charge is -2.09. The highest BCUT2D eigenvalue weighted by molar-refractivity contribution is 5.63. The van der Waals surface area contributed by atoms with E-state index in [9.17, 15) is 0 Å². The standard InChI is InChI=1S/C16H21N3/c1-11-6-4-5-7-14(11)15-10-13(3)18-16(19-15)9-8-12(2)17/h4-7,10,12H,8-9,17H2,1-3H3. The number of aromatic nitrogens is 2. The Hall–Kier alpha value is -1.74. The Balaban J connectivity index is 2.34. The highest BCUT2D eigenvalue weighted by Gasteiger charge is 2.07. The molecule has 2 rings (SSSR count). The van der Waals surface area contributed by atoms with Crippen LogP contribution in [0.15, 0.2) is 30.3 Å². The van der Waals surface area contributed by atoms with Gasteiger partial charge in [0.15, 0.2) is 0 Å². The number of aryl methyl sites for hydroxylation is 3. The smallest absolute Gasteiger partial charge is 0.129 e. The molecule has 0 spiro atoms. The molecule has 0 saturated heterocycles. The van der Waals surface area contributed by atoms with Crippen molar-refractivity contribution in [2.45, 2.75) is 39.7 Å². The topological polar surface area (TPSA) is 51.8 Å². The Kier molecular flexibility index (Phi) is 4.27. The van der Waals surface area contributed by atoms with Crippen LogP contribution in [-0.4, -0.2) is 16.0 Å². The fourth-order valence-electron chi connectivity index (χ4n) is 2.10. The summed E-state index contributed by atoms with van der Waals surface area (Å²) in [4.78, 5) is 9.16. The van der Waals surface area contributed by atoms with Crippen LogP contribution in [0.2, 0.25) is 0 Å². The number of hydrogen-bond acceptors (Lipinski definition) is 3. The second-order valence-corrected chi connectivity index (χ2v) is 5.14. The van der Waals surface area contributed by atoms with Gasteiger partial charge < -0.3 is 5.73 Å². The highest BCUT2D eigenvalue weighted by Crippen LogP contribution is 2.21. The Morgan fingerprint density at radius 3 is 2.58 bits per heavy atom. The van der Waals surface area contributed by atoms with Crippen LogP contribution in [0, 0.1) is 13.8 Å². The van der Waals surface area contributed by atoms with E-state index in [4.69, 9.17) is 5.73 Å². The molecule has 100 valence electrons. The van der Waals surface area contributed by atoms with Gasteiger partial charge >= 0.3 is 0 Å². The Morgan fingerprint density at radius 1 is 1.16 bits per heavy atom. The monoisotopic (exact) mass is 255 g/mol. The fourth-order valence-corrected chi connectivity index (χ4v) is 2.10. The van der Waals surface area contributed by atoms with E-state index < -0.39 is 0 Å². The van der Waals surface area contributed by atoms with Crippen LogP contribution in [0.5, 0.6) is 0 Å². The zero-order chi connectivity index (χ0) is 13.8. The van der Waals surface area contributed by atoms with Gasteiger partial charge in [-0.1, -0.05) is 24.3 Å². The van der Waals surface area contributed by atoms with Crippen molar-refractivity contribution in [3.05, 3.63) is 47.4 Å². The van der Waals surface area contributed by atoms with E-state index in [0.29, 0.717) is 0 Å². The minimum absolute atomic E-state index is 0.186. The second kappa shape index (κ2) is 5.93. The van der Waals surface area contributed by atoms with Gasteiger partial charge in [-0.05, 0) is 38.8 Å². The van der Waals surface area contributed by atoms with Gasteiger partial charge in [-0.2, -0.15) is 0 Å². The molecule has 19 heavy (non-hydrogen) atoms. The van der Waals surface area contributed by atoms with Crippen LogP contribution in [0.4, 0.5) is 0 Å². The van der Waals surface area contributed by atoms with E-state index in [-0.39, 0.29) is 6.04 Å². The van der Waals surface area contributed by atoms with Crippen LogP contribution in [0.1, 0.15) is 30.4 Å². The third-order valence-electron chi connectivity index (χ3n) is 3.14. The van der Waals surface area contributed by atoms with Crippen molar-refractivity contribution in [1.29, 1.82) is 0 Å². The molecule has 0 aliphatic carbocycles. The summed E-state index contributed by atoms with van der Waals surface area (Å²) in [6, 6.07) is 10.5. The molecule has 1 unspecified atom stereocenters. The molecule has 2 aromatic rings. The van der Waals surface area contributed by atoms with Gasteiger partial charge in [-0.25, -0.2) is 9.97 Å². The molecule has 0 saturated carbocycles. The fraction of sp³-hybridized carbons (Fsp3) is 0.375. The molecule has 3 nitrogen and oxygen atoms in total. The summed E-state index contributed by atoms with van der Waals surface area (Å²) in [5.41, 5.74) is 10.2. The van der Waals surface area contributed by atoms with Gasteiger partial charge in [0.2, 0.25) is 0 Å². The number of rotatable bonds is 4. The zero-order valence-electron chi connectivity index (χ0n) is 11.9. The van der Waals surface area contributed by atoms with Crippen molar-refractivity contribution in [2.75, 3.05) is 0 Å². The number of nitrogens with two attached hydrogens (primary N) is 1. The molecule has 0 bridgehead atoms. The summed E-state index contributed by atoms with van der Waals surface area (Å²) in [5, 5.41) is 0. The predicted molar refractivity (Wildman–Crippen MR) is 78.9 cm³/mol. The summed E-state index contributed by atoms with van der Waals surface area (Å²) in [7, 11) is 0. The lowest BCUT2D eigenvalue weighted by molar-refractivity contribution is 0.647. The molecule has 1 aromatic carbocycles. The second-order valence-electron chi connectivity index (χ2n) is 5.14. The van der Waals surface area contributed by atoms with Crippen LogP contribution in [0.3, 0.4) is 0 Å². The molecular formula is C16H21N3. The van der Waals surface area contributed by atoms with E-state index in [2.05, 4.69) is 29.0 Å². The van der Waals surface area contributed by atoms with Crippen LogP contribution in [0.25, 0.3) is 11.3 Å². The van der Waals surface area contributed by atoms with E-state index in [0.717, 1.165) is 30.1 Å². The van der Waals surface area contributed by atoms with E-state index >= 15 is 0 Å². The van der Waals surface area contributed by atoms with Crippen LogP contribution >= 0.6 is 0 Å². The first-order valence-electron chi connectivity index (χ1n) is 6.72. The highest BCUT2D eigenvalue weighted by atomic mass is 14.9. The lowest BCUT2D eigenvalue weighted by atomic mass is 10.0. The first-order chi connectivity index (χ1) is 9.06. The van der Waals surface area contributed by atoms with Gasteiger partial charge in [0, 0.05) is 23.7 Å². The number of nitrogens with zero attached hydrogens (tertiary/aromatic N) is 2. The molecule has 0 fully saturated rings. The minimum Gasteiger partial charge on any atom is -0.328 e. The average molecular weight is 255 g/mol. The SMILES string of the molecule is Cc1cc(-c2ccccc2C)nc(CCC(C)N)n1. The first-order valence-corrected chi connectivity index (χ1v) is 6.72. The van der Waals surface area contributed by atoms with Crippen molar-refractivity contribution in [3.8, 4) is 11.3 Å². The van der Waals surface area contributed by atoms with Crippen molar-refractivity contribution in [1.82, 2.24) is 9.97 Å². The molecule has 1 heterocycles. The Labute approximate surface area is 114 Å².